The average molecular weight is 385 g/mol. The van der Waals surface area contributed by atoms with E-state index in [0.717, 1.165) is 12.0 Å². The van der Waals surface area contributed by atoms with Gasteiger partial charge < -0.3 is 0 Å². The van der Waals surface area contributed by atoms with Crippen molar-refractivity contribution < 1.29 is 4.92 Å². The molecule has 1 heterocycles. The van der Waals surface area contributed by atoms with Gasteiger partial charge in [0.05, 0.1) is 16.2 Å². The first-order chi connectivity index (χ1) is 13.0. The normalized spacial score (nSPS) is 11.2. The standard InChI is InChI=1S/C19H17ClN4O3/c1-13-18(12-21-11-10-14-2-4-15(20)5-3-14)19(25)23(22-13)16-6-8-17(9-7-16)24(26)27/h2-9,12,22H,10-11H2,1H3. The molecule has 0 saturated carbocycles. The zero-order valence-corrected chi connectivity index (χ0v) is 15.3. The summed E-state index contributed by atoms with van der Waals surface area (Å²) in [5.41, 5.74) is 2.49. The third-order valence-electron chi connectivity index (χ3n) is 4.10. The number of nitro groups is 1. The second kappa shape index (κ2) is 8.01. The number of H-pyrrole nitrogens is 1. The van der Waals surface area contributed by atoms with Crippen LogP contribution in [0.5, 0.6) is 0 Å². The topological polar surface area (TPSA) is 93.3 Å². The molecule has 0 amide bonds. The van der Waals surface area contributed by atoms with Gasteiger partial charge in [-0.3, -0.25) is 25.0 Å². The van der Waals surface area contributed by atoms with Gasteiger partial charge in [0.2, 0.25) is 0 Å². The number of aliphatic imine (C=N–C) groups is 1. The molecule has 138 valence electrons. The van der Waals surface area contributed by atoms with Gasteiger partial charge in [-0.2, -0.15) is 0 Å². The minimum atomic E-state index is -0.481. The molecule has 2 aromatic carbocycles. The number of aromatic amines is 1. The Kier molecular flexibility index (Phi) is 5.52. The summed E-state index contributed by atoms with van der Waals surface area (Å²) in [4.78, 5) is 27.2. The van der Waals surface area contributed by atoms with Crippen molar-refractivity contribution in [3.05, 3.63) is 90.8 Å². The Bertz CT molecular complexity index is 1030. The first-order valence-corrected chi connectivity index (χ1v) is 8.64. The predicted molar refractivity (Wildman–Crippen MR) is 105 cm³/mol. The van der Waals surface area contributed by atoms with E-state index in [9.17, 15) is 14.9 Å². The van der Waals surface area contributed by atoms with Crippen molar-refractivity contribution in [2.75, 3.05) is 6.54 Å². The fourth-order valence-electron chi connectivity index (χ4n) is 2.62. The van der Waals surface area contributed by atoms with Crippen LogP contribution in [0.3, 0.4) is 0 Å². The van der Waals surface area contributed by atoms with E-state index < -0.39 is 4.92 Å². The maximum Gasteiger partial charge on any atom is 0.280 e. The zero-order chi connectivity index (χ0) is 19.4. The SMILES string of the molecule is Cc1[nH]n(-c2ccc([N+](=O)[O-])cc2)c(=O)c1C=NCCc1ccc(Cl)cc1. The molecule has 7 nitrogen and oxygen atoms in total. The van der Waals surface area contributed by atoms with Gasteiger partial charge in [-0.1, -0.05) is 23.7 Å². The minimum Gasteiger partial charge on any atom is -0.295 e. The molecule has 1 aromatic heterocycles. The van der Waals surface area contributed by atoms with Gasteiger partial charge in [0.25, 0.3) is 11.2 Å². The van der Waals surface area contributed by atoms with E-state index >= 15 is 0 Å². The molecule has 8 heteroatoms. The van der Waals surface area contributed by atoms with Crippen LogP contribution in [0.1, 0.15) is 16.8 Å². The van der Waals surface area contributed by atoms with Crippen molar-refractivity contribution >= 4 is 23.5 Å². The molecule has 0 unspecified atom stereocenters. The number of non-ortho nitro benzene ring substituents is 1. The summed E-state index contributed by atoms with van der Waals surface area (Å²) in [7, 11) is 0. The molecule has 0 radical (unpaired) electrons. The highest BCUT2D eigenvalue weighted by atomic mass is 35.5. The van der Waals surface area contributed by atoms with Crippen LogP contribution in [0.4, 0.5) is 5.69 Å². The fourth-order valence-corrected chi connectivity index (χ4v) is 2.74. The van der Waals surface area contributed by atoms with E-state index in [2.05, 4.69) is 10.1 Å². The quantitative estimate of drug-likeness (QED) is 0.399. The molecule has 0 aliphatic heterocycles. The lowest BCUT2D eigenvalue weighted by Crippen LogP contribution is -2.17. The van der Waals surface area contributed by atoms with E-state index in [-0.39, 0.29) is 11.2 Å². The maximum atomic E-state index is 12.6. The van der Waals surface area contributed by atoms with Crippen LogP contribution < -0.4 is 5.56 Å². The third kappa shape index (κ3) is 4.32. The molecule has 0 aliphatic carbocycles. The molecule has 0 atom stereocenters. The smallest absolute Gasteiger partial charge is 0.280 e. The van der Waals surface area contributed by atoms with Crippen LogP contribution in [0.15, 0.2) is 58.3 Å². The number of rotatable bonds is 6. The Hall–Kier alpha value is -3.19. The molecule has 3 rings (SSSR count). The van der Waals surface area contributed by atoms with E-state index in [0.29, 0.717) is 28.5 Å². The van der Waals surface area contributed by atoms with Gasteiger partial charge >= 0.3 is 0 Å². The van der Waals surface area contributed by atoms with Crippen LogP contribution in [0.25, 0.3) is 5.69 Å². The first kappa shape index (κ1) is 18.6. The minimum absolute atomic E-state index is 0.0286. The lowest BCUT2D eigenvalue weighted by atomic mass is 10.1. The maximum absolute atomic E-state index is 12.6. The number of halogens is 1. The Labute approximate surface area is 160 Å². The summed E-state index contributed by atoms with van der Waals surface area (Å²) in [6.45, 7) is 2.33. The van der Waals surface area contributed by atoms with E-state index in [1.807, 2.05) is 24.3 Å². The van der Waals surface area contributed by atoms with Gasteiger partial charge in [0, 0.05) is 35.6 Å². The number of aromatic nitrogens is 2. The molecule has 3 aromatic rings. The number of nitro benzene ring substituents is 1. The predicted octanol–water partition coefficient (Wildman–Crippen LogP) is 3.70. The summed E-state index contributed by atoms with van der Waals surface area (Å²) < 4.78 is 1.35. The monoisotopic (exact) mass is 384 g/mol. The molecule has 0 fully saturated rings. The van der Waals surface area contributed by atoms with Gasteiger partial charge in [0.15, 0.2) is 0 Å². The summed E-state index contributed by atoms with van der Waals surface area (Å²) in [6, 6.07) is 13.3. The van der Waals surface area contributed by atoms with Crippen LogP contribution >= 0.6 is 11.6 Å². The Morgan fingerprint density at radius 2 is 1.85 bits per heavy atom. The van der Waals surface area contributed by atoms with E-state index in [1.165, 1.54) is 28.9 Å². The van der Waals surface area contributed by atoms with Crippen LogP contribution in [0, 0.1) is 17.0 Å². The number of nitrogens with one attached hydrogen (secondary N) is 1. The lowest BCUT2D eigenvalue weighted by Gasteiger charge is -2.00. The molecular formula is C19H17ClN4O3. The number of hydrogen-bond donors (Lipinski definition) is 1. The number of aryl methyl sites for hydroxylation is 1. The second-order valence-electron chi connectivity index (χ2n) is 5.98. The molecular weight excluding hydrogens is 368 g/mol. The van der Waals surface area contributed by atoms with Crippen LogP contribution in [-0.2, 0) is 6.42 Å². The molecule has 1 N–H and O–H groups in total. The molecule has 0 bridgehead atoms. The third-order valence-corrected chi connectivity index (χ3v) is 4.35. The molecule has 0 spiro atoms. The summed E-state index contributed by atoms with van der Waals surface area (Å²) in [6.07, 6.45) is 2.31. The highest BCUT2D eigenvalue weighted by Gasteiger charge is 2.12. The number of hydrogen-bond acceptors (Lipinski definition) is 4. The van der Waals surface area contributed by atoms with Gasteiger partial charge in [-0.05, 0) is 43.2 Å². The number of nitrogens with zero attached hydrogens (tertiary/aromatic N) is 3. The van der Waals surface area contributed by atoms with Crippen molar-refractivity contribution in [2.24, 2.45) is 4.99 Å². The molecule has 0 aliphatic rings. The lowest BCUT2D eigenvalue weighted by molar-refractivity contribution is -0.384. The van der Waals surface area contributed by atoms with Crippen LogP contribution in [-0.4, -0.2) is 27.5 Å². The van der Waals surface area contributed by atoms with Crippen molar-refractivity contribution in [3.63, 3.8) is 0 Å². The van der Waals surface area contributed by atoms with E-state index in [1.54, 1.807) is 13.1 Å². The average Bonchev–Trinajstić information content (AvgIpc) is 2.94. The van der Waals surface area contributed by atoms with Crippen molar-refractivity contribution in [3.8, 4) is 5.69 Å². The van der Waals surface area contributed by atoms with Gasteiger partial charge in [0.1, 0.15) is 0 Å². The number of benzene rings is 2. The summed E-state index contributed by atoms with van der Waals surface area (Å²) in [5.74, 6) is 0. The fraction of sp³-hybridized carbons (Fsp3) is 0.158. The highest BCUT2D eigenvalue weighted by Crippen LogP contribution is 2.14. The molecule has 27 heavy (non-hydrogen) atoms. The Morgan fingerprint density at radius 3 is 2.48 bits per heavy atom. The Morgan fingerprint density at radius 1 is 1.19 bits per heavy atom. The Balaban J connectivity index is 1.74. The summed E-state index contributed by atoms with van der Waals surface area (Å²) >= 11 is 5.86. The van der Waals surface area contributed by atoms with Gasteiger partial charge in [-0.15, -0.1) is 0 Å². The second-order valence-corrected chi connectivity index (χ2v) is 6.41. The van der Waals surface area contributed by atoms with E-state index in [4.69, 9.17) is 11.6 Å². The first-order valence-electron chi connectivity index (χ1n) is 8.26. The van der Waals surface area contributed by atoms with Gasteiger partial charge in [-0.25, -0.2) is 4.68 Å². The van der Waals surface area contributed by atoms with Crippen LogP contribution in [0.2, 0.25) is 5.02 Å². The van der Waals surface area contributed by atoms with Crippen molar-refractivity contribution in [1.82, 2.24) is 9.78 Å². The molecule has 0 saturated heterocycles. The zero-order valence-electron chi connectivity index (χ0n) is 14.6. The highest BCUT2D eigenvalue weighted by molar-refractivity contribution is 6.30. The largest absolute Gasteiger partial charge is 0.295 e. The van der Waals surface area contributed by atoms with Crippen molar-refractivity contribution in [1.29, 1.82) is 0 Å². The van der Waals surface area contributed by atoms with Crippen molar-refractivity contribution in [2.45, 2.75) is 13.3 Å². The summed E-state index contributed by atoms with van der Waals surface area (Å²) in [5, 5.41) is 14.4.